The van der Waals surface area contributed by atoms with Crippen molar-refractivity contribution in [3.63, 3.8) is 0 Å². The zero-order valence-electron chi connectivity index (χ0n) is 11.9. The van der Waals surface area contributed by atoms with Crippen LogP contribution in [0.1, 0.15) is 30.5 Å². The Morgan fingerprint density at radius 1 is 1.10 bits per heavy atom. The number of nitrogens with two attached hydrogens (primary N) is 1. The van der Waals surface area contributed by atoms with Crippen LogP contribution >= 0.6 is 11.6 Å². The molecule has 0 aromatic heterocycles. The van der Waals surface area contributed by atoms with Crippen LogP contribution in [-0.2, 0) is 5.41 Å². The lowest BCUT2D eigenvalue weighted by molar-refractivity contribution is 0.660. The van der Waals surface area contributed by atoms with E-state index >= 15 is 0 Å². The van der Waals surface area contributed by atoms with Crippen LogP contribution in [0.15, 0.2) is 47.5 Å². The molecule has 0 saturated heterocycles. The van der Waals surface area contributed by atoms with Crippen molar-refractivity contribution in [1.29, 1.82) is 5.41 Å². The van der Waals surface area contributed by atoms with Gasteiger partial charge in [0.25, 0.3) is 0 Å². The number of hydrogen-bond acceptors (Lipinski definition) is 1. The van der Waals surface area contributed by atoms with Crippen LogP contribution in [0.3, 0.4) is 0 Å². The highest BCUT2D eigenvalue weighted by Gasteiger charge is 2.35. The second-order valence-electron chi connectivity index (χ2n) is 5.71. The Hall–Kier alpha value is -2.13. The minimum Gasteiger partial charge on any atom is -0.374 e. The molecule has 2 aromatic carbocycles. The standard InChI is InChI=1S/C17H16ClN3/c1-17(2)13-6-4-3-5-11(13)12-9-10(7-8-14(12)17)15(19)21-16(18)20/h3-9H,1-2H3,(H3,19,20,21). The number of nitrogens with one attached hydrogen (secondary N) is 1. The average Bonchev–Trinajstić information content (AvgIpc) is 2.67. The van der Waals surface area contributed by atoms with Crippen LogP contribution in [0.4, 0.5) is 0 Å². The van der Waals surface area contributed by atoms with Crippen LogP contribution in [0.5, 0.6) is 0 Å². The van der Waals surface area contributed by atoms with Crippen LogP contribution in [0, 0.1) is 5.41 Å². The number of benzene rings is 2. The Kier molecular flexibility index (Phi) is 3.10. The third-order valence-electron chi connectivity index (χ3n) is 4.08. The van der Waals surface area contributed by atoms with E-state index in [1.807, 2.05) is 18.2 Å². The van der Waals surface area contributed by atoms with Gasteiger partial charge >= 0.3 is 0 Å². The molecule has 0 saturated carbocycles. The molecule has 0 spiro atoms. The lowest BCUT2D eigenvalue weighted by Gasteiger charge is -2.21. The largest absolute Gasteiger partial charge is 0.374 e. The molecule has 3 rings (SSSR count). The zero-order valence-corrected chi connectivity index (χ0v) is 12.7. The molecule has 0 heterocycles. The van der Waals surface area contributed by atoms with Gasteiger partial charge in [-0.3, -0.25) is 5.41 Å². The minimum absolute atomic E-state index is 0.0264. The van der Waals surface area contributed by atoms with Gasteiger partial charge in [0.15, 0.2) is 11.1 Å². The summed E-state index contributed by atoms with van der Waals surface area (Å²) in [5.74, 6) is 0.0764. The first-order valence-electron chi connectivity index (χ1n) is 6.74. The van der Waals surface area contributed by atoms with Gasteiger partial charge in [-0.15, -0.1) is 0 Å². The Balaban J connectivity index is 2.18. The van der Waals surface area contributed by atoms with Crippen LogP contribution in [0.25, 0.3) is 11.1 Å². The third-order valence-corrected chi connectivity index (χ3v) is 4.16. The van der Waals surface area contributed by atoms with Crippen molar-refractivity contribution in [2.24, 2.45) is 10.7 Å². The van der Waals surface area contributed by atoms with E-state index in [4.69, 9.17) is 22.7 Å². The predicted molar refractivity (Wildman–Crippen MR) is 88.3 cm³/mol. The van der Waals surface area contributed by atoms with Gasteiger partial charge in [-0.2, -0.15) is 0 Å². The van der Waals surface area contributed by atoms with Crippen molar-refractivity contribution in [3.05, 3.63) is 59.2 Å². The number of aliphatic imine (C=N–C) groups is 1. The highest BCUT2D eigenvalue weighted by atomic mass is 35.5. The Morgan fingerprint density at radius 3 is 2.48 bits per heavy atom. The fourth-order valence-electron chi connectivity index (χ4n) is 3.04. The van der Waals surface area contributed by atoms with E-state index in [9.17, 15) is 0 Å². The summed E-state index contributed by atoms with van der Waals surface area (Å²) in [6.07, 6.45) is 0. The first-order valence-corrected chi connectivity index (χ1v) is 7.12. The molecule has 0 fully saturated rings. The highest BCUT2D eigenvalue weighted by molar-refractivity contribution is 6.65. The van der Waals surface area contributed by atoms with Gasteiger partial charge in [0, 0.05) is 11.0 Å². The number of fused-ring (bicyclic) bond motifs is 3. The zero-order chi connectivity index (χ0) is 15.2. The molecule has 3 nitrogen and oxygen atoms in total. The molecule has 1 aliphatic carbocycles. The monoisotopic (exact) mass is 297 g/mol. The Labute approximate surface area is 129 Å². The maximum Gasteiger partial charge on any atom is 0.195 e. The summed E-state index contributed by atoms with van der Waals surface area (Å²) in [4.78, 5) is 3.81. The van der Waals surface area contributed by atoms with Gasteiger partial charge in [0.2, 0.25) is 0 Å². The molecule has 0 amide bonds. The summed E-state index contributed by atoms with van der Waals surface area (Å²) in [5.41, 5.74) is 11.0. The molecule has 2 aromatic rings. The molecular weight excluding hydrogens is 282 g/mol. The van der Waals surface area contributed by atoms with E-state index in [0.717, 1.165) is 5.56 Å². The first kappa shape index (κ1) is 13.8. The van der Waals surface area contributed by atoms with Crippen molar-refractivity contribution < 1.29 is 0 Å². The molecule has 0 atom stereocenters. The molecule has 4 heteroatoms. The van der Waals surface area contributed by atoms with Crippen molar-refractivity contribution in [3.8, 4) is 11.1 Å². The van der Waals surface area contributed by atoms with Gasteiger partial charge in [-0.25, -0.2) is 4.99 Å². The first-order chi connectivity index (χ1) is 9.91. The van der Waals surface area contributed by atoms with Gasteiger partial charge in [-0.1, -0.05) is 50.2 Å². The lowest BCUT2D eigenvalue weighted by atomic mass is 9.82. The third kappa shape index (κ3) is 2.14. The Bertz CT molecular complexity index is 771. The summed E-state index contributed by atoms with van der Waals surface area (Å²) < 4.78 is 0. The van der Waals surface area contributed by atoms with E-state index in [1.54, 1.807) is 0 Å². The molecule has 21 heavy (non-hydrogen) atoms. The van der Waals surface area contributed by atoms with E-state index in [1.165, 1.54) is 16.7 Å². The molecular formula is C17H16ClN3. The van der Waals surface area contributed by atoms with Gasteiger partial charge in [0.1, 0.15) is 0 Å². The smallest absolute Gasteiger partial charge is 0.195 e. The maximum absolute atomic E-state index is 7.95. The quantitative estimate of drug-likeness (QED) is 0.468. The summed E-state index contributed by atoms with van der Waals surface area (Å²) >= 11 is 5.55. The lowest BCUT2D eigenvalue weighted by Crippen LogP contribution is -2.15. The summed E-state index contributed by atoms with van der Waals surface area (Å²) in [7, 11) is 0. The average molecular weight is 298 g/mol. The van der Waals surface area contributed by atoms with Gasteiger partial charge < -0.3 is 5.73 Å². The molecule has 0 aliphatic heterocycles. The summed E-state index contributed by atoms with van der Waals surface area (Å²) in [5, 5.41) is 7.83. The summed E-state index contributed by atoms with van der Waals surface area (Å²) in [6, 6.07) is 14.3. The topological polar surface area (TPSA) is 62.2 Å². The molecule has 106 valence electrons. The SMILES string of the molecule is CC1(C)c2ccccc2-c2cc(C(=N)N=C(N)Cl)ccc21. The number of halogens is 1. The van der Waals surface area contributed by atoms with Crippen LogP contribution in [0.2, 0.25) is 0 Å². The Morgan fingerprint density at radius 2 is 1.76 bits per heavy atom. The number of hydrogen-bond donors (Lipinski definition) is 2. The molecule has 0 radical (unpaired) electrons. The van der Waals surface area contributed by atoms with Crippen LogP contribution in [-0.4, -0.2) is 11.1 Å². The highest BCUT2D eigenvalue weighted by Crippen LogP contribution is 2.48. The molecule has 0 bridgehead atoms. The molecule has 1 aliphatic rings. The van der Waals surface area contributed by atoms with Crippen molar-refractivity contribution in [1.82, 2.24) is 0 Å². The predicted octanol–water partition coefficient (Wildman–Crippen LogP) is 3.87. The van der Waals surface area contributed by atoms with E-state index < -0.39 is 0 Å². The normalized spacial score (nSPS) is 15.5. The second kappa shape index (κ2) is 4.71. The van der Waals surface area contributed by atoms with Gasteiger partial charge in [-0.05, 0) is 39.9 Å². The van der Waals surface area contributed by atoms with Crippen molar-refractivity contribution >= 4 is 22.7 Å². The second-order valence-corrected chi connectivity index (χ2v) is 6.10. The van der Waals surface area contributed by atoms with E-state index in [0.29, 0.717) is 5.56 Å². The maximum atomic E-state index is 7.95. The van der Waals surface area contributed by atoms with Crippen molar-refractivity contribution in [2.75, 3.05) is 0 Å². The minimum atomic E-state index is -0.124. The number of rotatable bonds is 1. The fraction of sp³-hybridized carbons (Fsp3) is 0.176. The summed E-state index contributed by atoms with van der Waals surface area (Å²) in [6.45, 7) is 4.44. The van der Waals surface area contributed by atoms with Gasteiger partial charge in [0.05, 0.1) is 0 Å². The van der Waals surface area contributed by atoms with E-state index in [-0.39, 0.29) is 16.5 Å². The van der Waals surface area contributed by atoms with Crippen LogP contribution < -0.4 is 5.73 Å². The number of nitrogens with zero attached hydrogens (tertiary/aromatic N) is 1. The van der Waals surface area contributed by atoms with Crippen molar-refractivity contribution in [2.45, 2.75) is 19.3 Å². The number of amidine groups is 2. The molecule has 0 unspecified atom stereocenters. The molecule has 3 N–H and O–H groups in total. The van der Waals surface area contributed by atoms with E-state index in [2.05, 4.69) is 43.1 Å². The fourth-order valence-corrected chi connectivity index (χ4v) is 3.12.